The van der Waals surface area contributed by atoms with Crippen molar-refractivity contribution in [3.05, 3.63) is 0 Å². The first-order valence-electron chi connectivity index (χ1n) is 8.29. The molecule has 0 spiro atoms. The van der Waals surface area contributed by atoms with Crippen LogP contribution in [0.25, 0.3) is 0 Å². The van der Waals surface area contributed by atoms with Crippen molar-refractivity contribution in [2.75, 3.05) is 19.6 Å². The van der Waals surface area contributed by atoms with E-state index in [0.29, 0.717) is 0 Å². The highest BCUT2D eigenvalue weighted by atomic mass is 15.2. The van der Waals surface area contributed by atoms with Crippen molar-refractivity contribution in [1.29, 1.82) is 0 Å². The van der Waals surface area contributed by atoms with E-state index in [2.05, 4.69) is 11.8 Å². The van der Waals surface area contributed by atoms with Crippen LogP contribution >= 0.6 is 0 Å². The molecular weight excluding hydrogens is 220 g/mol. The summed E-state index contributed by atoms with van der Waals surface area (Å²) in [6.07, 6.45) is 12.7. The second-order valence-electron chi connectivity index (χ2n) is 6.43. The van der Waals surface area contributed by atoms with E-state index < -0.39 is 0 Å². The van der Waals surface area contributed by atoms with Gasteiger partial charge in [0.1, 0.15) is 0 Å². The summed E-state index contributed by atoms with van der Waals surface area (Å²) < 4.78 is 0. The number of rotatable bonds is 7. The summed E-state index contributed by atoms with van der Waals surface area (Å²) in [6, 6.07) is 0.952. The molecule has 18 heavy (non-hydrogen) atoms. The van der Waals surface area contributed by atoms with E-state index in [0.717, 1.165) is 24.4 Å². The molecule has 1 aliphatic heterocycles. The van der Waals surface area contributed by atoms with E-state index in [1.54, 1.807) is 0 Å². The van der Waals surface area contributed by atoms with Crippen LogP contribution in [0.15, 0.2) is 0 Å². The molecule has 0 aromatic carbocycles. The molecule has 3 atom stereocenters. The molecule has 0 amide bonds. The fourth-order valence-corrected chi connectivity index (χ4v) is 4.15. The zero-order chi connectivity index (χ0) is 12.8. The van der Waals surface area contributed by atoms with E-state index in [9.17, 15) is 0 Å². The van der Waals surface area contributed by atoms with E-state index in [1.165, 1.54) is 70.9 Å². The molecule has 1 saturated heterocycles. The van der Waals surface area contributed by atoms with Crippen molar-refractivity contribution in [1.82, 2.24) is 4.90 Å². The molecule has 2 fully saturated rings. The summed E-state index contributed by atoms with van der Waals surface area (Å²) >= 11 is 0. The molecule has 1 saturated carbocycles. The molecule has 1 heterocycles. The Balaban J connectivity index is 1.67. The van der Waals surface area contributed by atoms with Crippen molar-refractivity contribution in [3.63, 3.8) is 0 Å². The molecular formula is C16H32N2. The molecule has 2 heteroatoms. The topological polar surface area (TPSA) is 29.3 Å². The summed E-state index contributed by atoms with van der Waals surface area (Å²) in [5.41, 5.74) is 5.68. The average Bonchev–Trinajstić information content (AvgIpc) is 2.81. The largest absolute Gasteiger partial charge is 0.330 e. The van der Waals surface area contributed by atoms with Crippen molar-refractivity contribution in [3.8, 4) is 0 Å². The third-order valence-corrected chi connectivity index (χ3v) is 5.34. The molecule has 106 valence electrons. The Bertz CT molecular complexity index is 229. The van der Waals surface area contributed by atoms with Crippen LogP contribution < -0.4 is 5.73 Å². The SMILES string of the molecule is CCC(CCN)CCCN1CCC2CCCCC21. The van der Waals surface area contributed by atoms with Crippen molar-refractivity contribution in [2.45, 2.75) is 70.8 Å². The lowest BCUT2D eigenvalue weighted by Crippen LogP contribution is -2.35. The van der Waals surface area contributed by atoms with E-state index >= 15 is 0 Å². The van der Waals surface area contributed by atoms with Gasteiger partial charge in [-0.05, 0) is 70.0 Å². The molecule has 0 bridgehead atoms. The molecule has 2 aliphatic rings. The predicted molar refractivity (Wildman–Crippen MR) is 78.6 cm³/mol. The Kier molecular flexibility index (Phi) is 5.97. The van der Waals surface area contributed by atoms with Crippen LogP contribution in [-0.2, 0) is 0 Å². The second kappa shape index (κ2) is 7.49. The minimum absolute atomic E-state index is 0.868. The Morgan fingerprint density at radius 2 is 2.00 bits per heavy atom. The number of nitrogens with zero attached hydrogens (tertiary/aromatic N) is 1. The first-order chi connectivity index (χ1) is 8.85. The Morgan fingerprint density at radius 1 is 1.17 bits per heavy atom. The van der Waals surface area contributed by atoms with Gasteiger partial charge in [0, 0.05) is 6.04 Å². The quantitative estimate of drug-likeness (QED) is 0.752. The van der Waals surface area contributed by atoms with Gasteiger partial charge in [-0.2, -0.15) is 0 Å². The zero-order valence-corrected chi connectivity index (χ0v) is 12.2. The first kappa shape index (κ1) is 14.3. The van der Waals surface area contributed by atoms with Gasteiger partial charge < -0.3 is 10.6 Å². The van der Waals surface area contributed by atoms with Gasteiger partial charge in [0.2, 0.25) is 0 Å². The normalized spacial score (nSPS) is 30.3. The van der Waals surface area contributed by atoms with Crippen LogP contribution in [0, 0.1) is 11.8 Å². The number of hydrogen-bond acceptors (Lipinski definition) is 2. The molecule has 3 unspecified atom stereocenters. The maximum atomic E-state index is 5.68. The van der Waals surface area contributed by atoms with Crippen molar-refractivity contribution < 1.29 is 0 Å². The number of nitrogens with two attached hydrogens (primary N) is 1. The Labute approximate surface area is 113 Å². The van der Waals surface area contributed by atoms with Gasteiger partial charge in [0.05, 0.1) is 0 Å². The van der Waals surface area contributed by atoms with Gasteiger partial charge in [-0.3, -0.25) is 0 Å². The van der Waals surface area contributed by atoms with E-state index in [4.69, 9.17) is 5.73 Å². The number of hydrogen-bond donors (Lipinski definition) is 1. The highest BCUT2D eigenvalue weighted by Crippen LogP contribution is 2.36. The van der Waals surface area contributed by atoms with Gasteiger partial charge in [0.25, 0.3) is 0 Å². The van der Waals surface area contributed by atoms with Crippen LogP contribution in [0.5, 0.6) is 0 Å². The minimum Gasteiger partial charge on any atom is -0.330 e. The summed E-state index contributed by atoms with van der Waals surface area (Å²) in [5.74, 6) is 1.92. The molecule has 1 aliphatic carbocycles. The van der Waals surface area contributed by atoms with Gasteiger partial charge in [-0.15, -0.1) is 0 Å². The van der Waals surface area contributed by atoms with E-state index in [-0.39, 0.29) is 0 Å². The number of likely N-dealkylation sites (tertiary alicyclic amines) is 1. The van der Waals surface area contributed by atoms with Gasteiger partial charge >= 0.3 is 0 Å². The van der Waals surface area contributed by atoms with Gasteiger partial charge in [0.15, 0.2) is 0 Å². The maximum Gasteiger partial charge on any atom is 0.0124 e. The highest BCUT2D eigenvalue weighted by molar-refractivity contribution is 4.89. The average molecular weight is 252 g/mol. The molecule has 2 N–H and O–H groups in total. The maximum absolute atomic E-state index is 5.68. The van der Waals surface area contributed by atoms with Crippen molar-refractivity contribution >= 4 is 0 Å². The lowest BCUT2D eigenvalue weighted by molar-refractivity contribution is 0.176. The fourth-order valence-electron chi connectivity index (χ4n) is 4.15. The van der Waals surface area contributed by atoms with E-state index in [1.807, 2.05) is 0 Å². The third-order valence-electron chi connectivity index (χ3n) is 5.34. The van der Waals surface area contributed by atoms with Crippen LogP contribution in [0.1, 0.15) is 64.7 Å². The lowest BCUT2D eigenvalue weighted by atomic mass is 9.85. The second-order valence-corrected chi connectivity index (χ2v) is 6.43. The summed E-state index contributed by atoms with van der Waals surface area (Å²) in [7, 11) is 0. The summed E-state index contributed by atoms with van der Waals surface area (Å²) in [6.45, 7) is 5.91. The van der Waals surface area contributed by atoms with Gasteiger partial charge in [-0.1, -0.05) is 26.2 Å². The van der Waals surface area contributed by atoms with Crippen LogP contribution in [-0.4, -0.2) is 30.6 Å². The van der Waals surface area contributed by atoms with Crippen molar-refractivity contribution in [2.24, 2.45) is 17.6 Å². The lowest BCUT2D eigenvalue weighted by Gasteiger charge is -2.32. The standard InChI is InChI=1S/C16H32N2/c1-2-14(9-11-17)6-5-12-18-13-10-15-7-3-4-8-16(15)18/h14-16H,2-13,17H2,1H3. The van der Waals surface area contributed by atoms with Gasteiger partial charge in [-0.25, -0.2) is 0 Å². The van der Waals surface area contributed by atoms with Crippen LogP contribution in [0.3, 0.4) is 0 Å². The Morgan fingerprint density at radius 3 is 2.78 bits per heavy atom. The monoisotopic (exact) mass is 252 g/mol. The Hall–Kier alpha value is -0.0800. The predicted octanol–water partition coefficient (Wildman–Crippen LogP) is 3.41. The smallest absolute Gasteiger partial charge is 0.0124 e. The molecule has 2 rings (SSSR count). The minimum atomic E-state index is 0.868. The molecule has 0 aromatic heterocycles. The molecule has 0 radical (unpaired) electrons. The van der Waals surface area contributed by atoms with Crippen LogP contribution in [0.2, 0.25) is 0 Å². The zero-order valence-electron chi connectivity index (χ0n) is 12.2. The summed E-state index contributed by atoms with van der Waals surface area (Å²) in [4.78, 5) is 2.80. The molecule has 0 aromatic rings. The third kappa shape index (κ3) is 3.71. The number of fused-ring (bicyclic) bond motifs is 1. The highest BCUT2D eigenvalue weighted by Gasteiger charge is 2.34. The summed E-state index contributed by atoms with van der Waals surface area (Å²) in [5, 5.41) is 0. The first-order valence-corrected chi connectivity index (χ1v) is 8.29. The van der Waals surface area contributed by atoms with Crippen LogP contribution in [0.4, 0.5) is 0 Å². The fraction of sp³-hybridized carbons (Fsp3) is 1.00. The molecule has 2 nitrogen and oxygen atoms in total.